The Labute approximate surface area is 189 Å². The highest BCUT2D eigenvalue weighted by Gasteiger charge is 2.58. The SMILES string of the molecule is CCC[C@H]1CC[C@H]([C@H]2CC[C@H](CCc3ccc(OCC(F)(F)C(F)(F)F)cc3)CC2)CC1. The number of aryl methyl sites for hydroxylation is 1. The first-order valence-corrected chi connectivity index (χ1v) is 12.3. The van der Waals surface area contributed by atoms with Gasteiger partial charge in [-0.1, -0.05) is 57.6 Å². The maximum Gasteiger partial charge on any atom is 0.456 e. The summed E-state index contributed by atoms with van der Waals surface area (Å²) in [5.74, 6) is -1.29. The molecule has 0 spiro atoms. The molecule has 0 bridgehead atoms. The Balaban J connectivity index is 1.35. The van der Waals surface area contributed by atoms with Crippen molar-refractivity contribution in [2.45, 2.75) is 96.1 Å². The highest BCUT2D eigenvalue weighted by Crippen LogP contribution is 2.43. The Kier molecular flexibility index (Phi) is 8.85. The zero-order chi connectivity index (χ0) is 23.2. The smallest absolute Gasteiger partial charge is 0.456 e. The van der Waals surface area contributed by atoms with Gasteiger partial charge in [0, 0.05) is 0 Å². The average Bonchev–Trinajstić information content (AvgIpc) is 2.77. The van der Waals surface area contributed by atoms with Gasteiger partial charge in [-0.2, -0.15) is 22.0 Å². The average molecular weight is 461 g/mol. The predicted molar refractivity (Wildman–Crippen MR) is 117 cm³/mol. The summed E-state index contributed by atoms with van der Waals surface area (Å²) >= 11 is 0. The first kappa shape index (κ1) is 25.3. The van der Waals surface area contributed by atoms with Crippen LogP contribution in [-0.2, 0) is 6.42 Å². The molecule has 0 N–H and O–H groups in total. The van der Waals surface area contributed by atoms with E-state index >= 15 is 0 Å². The quantitative estimate of drug-likeness (QED) is 0.335. The molecule has 0 amide bonds. The molecule has 3 rings (SSSR count). The van der Waals surface area contributed by atoms with Gasteiger partial charge in [-0.05, 0) is 79.9 Å². The molecule has 0 heterocycles. The topological polar surface area (TPSA) is 9.23 Å². The van der Waals surface area contributed by atoms with Gasteiger partial charge in [0.2, 0.25) is 0 Å². The zero-order valence-corrected chi connectivity index (χ0v) is 19.1. The molecule has 0 saturated heterocycles. The van der Waals surface area contributed by atoms with Gasteiger partial charge in [0.05, 0.1) is 0 Å². The monoisotopic (exact) mass is 460 g/mol. The van der Waals surface area contributed by atoms with Crippen molar-refractivity contribution in [3.8, 4) is 5.75 Å². The normalized spacial score (nSPS) is 27.3. The second kappa shape index (κ2) is 11.2. The van der Waals surface area contributed by atoms with Crippen LogP contribution in [0, 0.1) is 23.7 Å². The number of hydrogen-bond donors (Lipinski definition) is 0. The second-order valence-corrected chi connectivity index (χ2v) is 10.0. The van der Waals surface area contributed by atoms with Gasteiger partial charge in [0.25, 0.3) is 0 Å². The minimum absolute atomic E-state index is 0.0341. The van der Waals surface area contributed by atoms with Crippen molar-refractivity contribution >= 4 is 0 Å². The van der Waals surface area contributed by atoms with Crippen molar-refractivity contribution in [3.05, 3.63) is 29.8 Å². The Bertz CT molecular complexity index is 668. The molecule has 32 heavy (non-hydrogen) atoms. The van der Waals surface area contributed by atoms with Gasteiger partial charge in [0.1, 0.15) is 5.75 Å². The number of ether oxygens (including phenoxy) is 1. The largest absolute Gasteiger partial charge is 0.487 e. The van der Waals surface area contributed by atoms with E-state index < -0.39 is 18.7 Å². The fourth-order valence-electron chi connectivity index (χ4n) is 5.68. The zero-order valence-electron chi connectivity index (χ0n) is 19.1. The van der Waals surface area contributed by atoms with Gasteiger partial charge >= 0.3 is 12.1 Å². The first-order valence-electron chi connectivity index (χ1n) is 12.3. The third kappa shape index (κ3) is 7.08. The number of halogens is 5. The predicted octanol–water partition coefficient (Wildman–Crippen LogP) is 8.61. The highest BCUT2D eigenvalue weighted by molar-refractivity contribution is 5.27. The standard InChI is InChI=1S/C26H37F5O/c1-2-3-19-6-12-22(13-7-19)23-14-8-20(9-15-23)4-5-21-10-16-24(17-11-21)32-18-25(27,28)26(29,30)31/h10-11,16-17,19-20,22-23H,2-9,12-15,18H2,1H3/t19-,20-,22-,23-. The molecule has 0 atom stereocenters. The van der Waals surface area contributed by atoms with Gasteiger partial charge in [0.15, 0.2) is 6.61 Å². The van der Waals surface area contributed by atoms with Gasteiger partial charge < -0.3 is 4.74 Å². The number of alkyl halides is 5. The molecule has 6 heteroatoms. The van der Waals surface area contributed by atoms with E-state index in [2.05, 4.69) is 11.7 Å². The van der Waals surface area contributed by atoms with Crippen molar-refractivity contribution in [3.63, 3.8) is 0 Å². The molecule has 2 aliphatic carbocycles. The van der Waals surface area contributed by atoms with E-state index in [1.165, 1.54) is 76.3 Å². The van der Waals surface area contributed by atoms with Crippen LogP contribution >= 0.6 is 0 Å². The Morgan fingerprint density at radius 1 is 0.750 bits per heavy atom. The third-order valence-electron chi connectivity index (χ3n) is 7.75. The van der Waals surface area contributed by atoms with Crippen LogP contribution in [0.3, 0.4) is 0 Å². The summed E-state index contributed by atoms with van der Waals surface area (Å²) in [6, 6.07) is 6.49. The van der Waals surface area contributed by atoms with Crippen LogP contribution in [0.15, 0.2) is 24.3 Å². The maximum atomic E-state index is 13.0. The van der Waals surface area contributed by atoms with Crippen molar-refractivity contribution in [1.29, 1.82) is 0 Å². The summed E-state index contributed by atoms with van der Waals surface area (Å²) < 4.78 is 67.3. The van der Waals surface area contributed by atoms with Gasteiger partial charge in [-0.25, -0.2) is 0 Å². The van der Waals surface area contributed by atoms with Crippen LogP contribution in [0.25, 0.3) is 0 Å². The summed E-state index contributed by atoms with van der Waals surface area (Å²) in [7, 11) is 0. The molecule has 182 valence electrons. The highest BCUT2D eigenvalue weighted by atomic mass is 19.4. The van der Waals surface area contributed by atoms with E-state index in [1.54, 1.807) is 12.1 Å². The lowest BCUT2D eigenvalue weighted by molar-refractivity contribution is -0.290. The summed E-state index contributed by atoms with van der Waals surface area (Å²) in [6.07, 6.45) is 10.0. The molecule has 0 unspecified atom stereocenters. The van der Waals surface area contributed by atoms with Crippen LogP contribution in [0.4, 0.5) is 22.0 Å². The fourth-order valence-corrected chi connectivity index (χ4v) is 5.68. The number of hydrogen-bond acceptors (Lipinski definition) is 1. The second-order valence-electron chi connectivity index (χ2n) is 10.0. The van der Waals surface area contributed by atoms with E-state index in [-0.39, 0.29) is 5.75 Å². The first-order chi connectivity index (χ1) is 15.2. The van der Waals surface area contributed by atoms with Crippen molar-refractivity contribution < 1.29 is 26.7 Å². The van der Waals surface area contributed by atoms with Crippen LogP contribution in [0.5, 0.6) is 5.75 Å². The summed E-state index contributed by atoms with van der Waals surface area (Å²) in [4.78, 5) is 0. The molecular weight excluding hydrogens is 423 g/mol. The summed E-state index contributed by atoms with van der Waals surface area (Å²) in [5.41, 5.74) is 1.07. The molecule has 2 aliphatic rings. The summed E-state index contributed by atoms with van der Waals surface area (Å²) in [6.45, 7) is 0.592. The lowest BCUT2D eigenvalue weighted by Gasteiger charge is -2.38. The Morgan fingerprint density at radius 3 is 1.72 bits per heavy atom. The minimum Gasteiger partial charge on any atom is -0.487 e. The fraction of sp³-hybridized carbons (Fsp3) is 0.769. The minimum atomic E-state index is -5.60. The van der Waals surface area contributed by atoms with Crippen LogP contribution in [0.1, 0.15) is 83.1 Å². The molecule has 0 radical (unpaired) electrons. The van der Waals surface area contributed by atoms with Crippen LogP contribution in [0.2, 0.25) is 0 Å². The Morgan fingerprint density at radius 2 is 1.25 bits per heavy atom. The number of benzene rings is 1. The van der Waals surface area contributed by atoms with Crippen molar-refractivity contribution in [2.24, 2.45) is 23.7 Å². The lowest BCUT2D eigenvalue weighted by atomic mass is 9.68. The van der Waals surface area contributed by atoms with E-state index in [0.717, 1.165) is 42.1 Å². The molecule has 1 aromatic rings. The van der Waals surface area contributed by atoms with Gasteiger partial charge in [-0.3, -0.25) is 0 Å². The lowest BCUT2D eigenvalue weighted by Crippen LogP contribution is -2.41. The molecule has 0 aromatic heterocycles. The van der Waals surface area contributed by atoms with E-state index in [4.69, 9.17) is 0 Å². The van der Waals surface area contributed by atoms with Crippen LogP contribution < -0.4 is 4.74 Å². The van der Waals surface area contributed by atoms with Crippen molar-refractivity contribution in [1.82, 2.24) is 0 Å². The van der Waals surface area contributed by atoms with Gasteiger partial charge in [-0.15, -0.1) is 0 Å². The van der Waals surface area contributed by atoms with Crippen molar-refractivity contribution in [2.75, 3.05) is 6.61 Å². The third-order valence-corrected chi connectivity index (χ3v) is 7.75. The van der Waals surface area contributed by atoms with E-state index in [9.17, 15) is 22.0 Å². The van der Waals surface area contributed by atoms with E-state index in [1.807, 2.05) is 0 Å². The Hall–Kier alpha value is -1.33. The maximum absolute atomic E-state index is 13.0. The molecule has 1 nitrogen and oxygen atoms in total. The number of rotatable bonds is 9. The molecule has 1 aromatic carbocycles. The molecular formula is C26H37F5O. The molecule has 2 fully saturated rings. The van der Waals surface area contributed by atoms with E-state index in [0.29, 0.717) is 0 Å². The molecule has 2 saturated carbocycles. The molecule has 0 aliphatic heterocycles. The van der Waals surface area contributed by atoms with Crippen LogP contribution in [-0.4, -0.2) is 18.7 Å². The summed E-state index contributed by atoms with van der Waals surface area (Å²) in [5, 5.41) is 0.